The minimum Gasteiger partial charge on any atom is -0.491 e. The van der Waals surface area contributed by atoms with Crippen molar-refractivity contribution in [3.8, 4) is 5.75 Å². The van der Waals surface area contributed by atoms with Gasteiger partial charge in [-0.1, -0.05) is 0 Å². The molecule has 1 aromatic heterocycles. The minimum atomic E-state index is -0.626. The molecule has 10 heteroatoms. The lowest BCUT2D eigenvalue weighted by Gasteiger charge is -2.39. The average Bonchev–Trinajstić information content (AvgIpc) is 2.63. The number of carbonyl (C=O) groups excluding carboxylic acids is 1. The highest BCUT2D eigenvalue weighted by atomic mass is 79.9. The van der Waals surface area contributed by atoms with E-state index in [1.54, 1.807) is 4.90 Å². The van der Waals surface area contributed by atoms with E-state index in [2.05, 4.69) is 31.2 Å². The van der Waals surface area contributed by atoms with Gasteiger partial charge < -0.3 is 24.7 Å². The van der Waals surface area contributed by atoms with E-state index >= 15 is 0 Å². The fourth-order valence-corrected chi connectivity index (χ4v) is 3.47. The number of carbonyl (C=O) groups is 1. The van der Waals surface area contributed by atoms with Crippen LogP contribution in [0.15, 0.2) is 21.7 Å². The summed E-state index contributed by atoms with van der Waals surface area (Å²) in [5, 5.41) is 3.36. The van der Waals surface area contributed by atoms with Crippen LogP contribution in [0.25, 0.3) is 10.9 Å². The van der Waals surface area contributed by atoms with Crippen molar-refractivity contribution in [2.75, 3.05) is 19.7 Å². The summed E-state index contributed by atoms with van der Waals surface area (Å²) in [6, 6.07) is 1.19. The molecule has 3 rings (SSSR count). The SMILES string of the molecule is CC1CNC(COc2cc(Br)c(F)c3nc[nH]c(=O)c23)CN1C(=O)OC(C)(C)C. The van der Waals surface area contributed by atoms with Crippen LogP contribution in [-0.2, 0) is 4.74 Å². The number of ether oxygens (including phenoxy) is 2. The fourth-order valence-electron chi connectivity index (χ4n) is 3.08. The van der Waals surface area contributed by atoms with Crippen LogP contribution >= 0.6 is 15.9 Å². The Hall–Kier alpha value is -2.20. The van der Waals surface area contributed by atoms with Crippen molar-refractivity contribution in [2.45, 2.75) is 45.4 Å². The quantitative estimate of drug-likeness (QED) is 0.715. The molecule has 0 bridgehead atoms. The van der Waals surface area contributed by atoms with E-state index in [-0.39, 0.29) is 45.9 Å². The lowest BCUT2D eigenvalue weighted by molar-refractivity contribution is 0.00749. The summed E-state index contributed by atoms with van der Waals surface area (Å²) in [6.45, 7) is 8.52. The highest BCUT2D eigenvalue weighted by Gasteiger charge is 2.32. The number of fused-ring (bicyclic) bond motifs is 1. The Balaban J connectivity index is 1.76. The van der Waals surface area contributed by atoms with E-state index in [4.69, 9.17) is 9.47 Å². The zero-order chi connectivity index (χ0) is 21.3. The molecule has 1 aromatic carbocycles. The van der Waals surface area contributed by atoms with Crippen molar-refractivity contribution >= 4 is 32.9 Å². The molecule has 1 fully saturated rings. The number of nitrogens with one attached hydrogen (secondary N) is 2. The molecular formula is C19H24BrFN4O4. The van der Waals surface area contributed by atoms with Gasteiger partial charge in [-0.15, -0.1) is 0 Å². The molecular weight excluding hydrogens is 447 g/mol. The van der Waals surface area contributed by atoms with Gasteiger partial charge in [0.25, 0.3) is 5.56 Å². The van der Waals surface area contributed by atoms with Gasteiger partial charge in [-0.25, -0.2) is 14.2 Å². The van der Waals surface area contributed by atoms with E-state index in [9.17, 15) is 14.0 Å². The first kappa shape index (κ1) is 21.5. The molecule has 1 aliphatic heterocycles. The minimum absolute atomic E-state index is 0.0334. The van der Waals surface area contributed by atoms with E-state index in [1.165, 1.54) is 6.07 Å². The van der Waals surface area contributed by atoms with Crippen LogP contribution in [0.2, 0.25) is 0 Å². The van der Waals surface area contributed by atoms with Crippen LogP contribution in [-0.4, -0.2) is 58.3 Å². The van der Waals surface area contributed by atoms with Gasteiger partial charge in [0.1, 0.15) is 28.9 Å². The fraction of sp³-hybridized carbons (Fsp3) is 0.526. The summed E-state index contributed by atoms with van der Waals surface area (Å²) in [5.41, 5.74) is -1.14. The third-order valence-corrected chi connectivity index (χ3v) is 5.07. The Kier molecular flexibility index (Phi) is 6.13. The number of piperazine rings is 1. The third kappa shape index (κ3) is 4.87. The number of amides is 1. The van der Waals surface area contributed by atoms with Crippen molar-refractivity contribution in [3.05, 3.63) is 33.0 Å². The molecule has 1 amide bonds. The molecule has 29 heavy (non-hydrogen) atoms. The first-order chi connectivity index (χ1) is 13.6. The number of benzene rings is 1. The van der Waals surface area contributed by atoms with Crippen molar-refractivity contribution in [3.63, 3.8) is 0 Å². The second-order valence-electron chi connectivity index (χ2n) is 8.02. The van der Waals surface area contributed by atoms with Gasteiger partial charge in [-0.3, -0.25) is 4.79 Å². The number of nitrogens with zero attached hydrogens (tertiary/aromatic N) is 2. The molecule has 1 saturated heterocycles. The van der Waals surface area contributed by atoms with Crippen molar-refractivity contribution < 1.29 is 18.7 Å². The number of hydrogen-bond donors (Lipinski definition) is 2. The zero-order valence-electron chi connectivity index (χ0n) is 16.7. The van der Waals surface area contributed by atoms with Crippen LogP contribution in [0, 0.1) is 5.82 Å². The van der Waals surface area contributed by atoms with Crippen LogP contribution in [0.1, 0.15) is 27.7 Å². The maximum Gasteiger partial charge on any atom is 0.410 e. The lowest BCUT2D eigenvalue weighted by Crippen LogP contribution is -2.59. The van der Waals surface area contributed by atoms with Gasteiger partial charge in [0.15, 0.2) is 5.82 Å². The Labute approximate surface area is 175 Å². The molecule has 0 saturated carbocycles. The van der Waals surface area contributed by atoms with Gasteiger partial charge in [-0.05, 0) is 49.7 Å². The molecule has 2 aromatic rings. The van der Waals surface area contributed by atoms with E-state index < -0.39 is 17.0 Å². The summed E-state index contributed by atoms with van der Waals surface area (Å²) < 4.78 is 25.8. The second kappa shape index (κ2) is 8.27. The molecule has 2 heterocycles. The monoisotopic (exact) mass is 470 g/mol. The van der Waals surface area contributed by atoms with E-state index in [1.807, 2.05) is 27.7 Å². The number of aromatic amines is 1. The predicted molar refractivity (Wildman–Crippen MR) is 110 cm³/mol. The largest absolute Gasteiger partial charge is 0.491 e. The Morgan fingerprint density at radius 2 is 2.17 bits per heavy atom. The molecule has 1 aliphatic rings. The van der Waals surface area contributed by atoms with Gasteiger partial charge in [0, 0.05) is 19.1 Å². The van der Waals surface area contributed by atoms with Crippen molar-refractivity contribution in [1.82, 2.24) is 20.2 Å². The molecule has 2 atom stereocenters. The predicted octanol–water partition coefficient (Wildman–Crippen LogP) is 2.80. The normalized spacial score (nSPS) is 20.0. The highest BCUT2D eigenvalue weighted by molar-refractivity contribution is 9.10. The van der Waals surface area contributed by atoms with Crippen LogP contribution in [0.5, 0.6) is 5.75 Å². The van der Waals surface area contributed by atoms with Crippen LogP contribution < -0.4 is 15.6 Å². The zero-order valence-corrected chi connectivity index (χ0v) is 18.3. The Morgan fingerprint density at radius 1 is 1.45 bits per heavy atom. The summed E-state index contributed by atoms with van der Waals surface area (Å²) in [4.78, 5) is 32.7. The molecule has 8 nitrogen and oxygen atoms in total. The number of hydrogen-bond acceptors (Lipinski definition) is 6. The third-order valence-electron chi connectivity index (χ3n) is 4.49. The summed E-state index contributed by atoms with van der Waals surface area (Å²) in [6.07, 6.45) is 0.763. The standard InChI is InChI=1S/C19H24BrFN4O4/c1-10-6-22-11(7-25(10)18(27)29-19(2,3)4)8-28-13-5-12(20)15(21)16-14(13)17(26)24-9-23-16/h5,9-11,22H,6-8H2,1-4H3,(H,23,24,26). The van der Waals surface area contributed by atoms with Crippen molar-refractivity contribution in [1.29, 1.82) is 0 Å². The Morgan fingerprint density at radius 3 is 2.86 bits per heavy atom. The summed E-state index contributed by atoms with van der Waals surface area (Å²) >= 11 is 3.13. The second-order valence-corrected chi connectivity index (χ2v) is 8.88. The number of aromatic nitrogens is 2. The van der Waals surface area contributed by atoms with E-state index in [0.717, 1.165) is 6.33 Å². The molecule has 158 valence electrons. The van der Waals surface area contributed by atoms with Crippen molar-refractivity contribution in [2.24, 2.45) is 0 Å². The summed E-state index contributed by atoms with van der Waals surface area (Å²) in [7, 11) is 0. The van der Waals surface area contributed by atoms with E-state index in [0.29, 0.717) is 13.1 Å². The number of H-pyrrole nitrogens is 1. The lowest BCUT2D eigenvalue weighted by atomic mass is 10.1. The highest BCUT2D eigenvalue weighted by Crippen LogP contribution is 2.30. The first-order valence-electron chi connectivity index (χ1n) is 9.28. The molecule has 0 spiro atoms. The molecule has 2 N–H and O–H groups in total. The molecule has 0 aliphatic carbocycles. The topological polar surface area (TPSA) is 96.5 Å². The first-order valence-corrected chi connectivity index (χ1v) is 10.1. The number of rotatable bonds is 3. The summed E-state index contributed by atoms with van der Waals surface area (Å²) in [5.74, 6) is -0.411. The molecule has 0 radical (unpaired) electrons. The Bertz CT molecular complexity index is 975. The number of halogens is 2. The van der Waals surface area contributed by atoms with Gasteiger partial charge in [0.05, 0.1) is 16.8 Å². The smallest absolute Gasteiger partial charge is 0.410 e. The van der Waals surface area contributed by atoms with Crippen LogP contribution in [0.3, 0.4) is 0 Å². The maximum atomic E-state index is 14.3. The van der Waals surface area contributed by atoms with Gasteiger partial charge in [0.2, 0.25) is 0 Å². The van der Waals surface area contributed by atoms with Crippen LogP contribution in [0.4, 0.5) is 9.18 Å². The van der Waals surface area contributed by atoms with Gasteiger partial charge >= 0.3 is 6.09 Å². The molecule has 2 unspecified atom stereocenters. The maximum absolute atomic E-state index is 14.3. The van der Waals surface area contributed by atoms with Gasteiger partial charge in [-0.2, -0.15) is 0 Å². The average molecular weight is 471 g/mol.